The molecule has 0 bridgehead atoms. The Morgan fingerprint density at radius 3 is 2.38 bits per heavy atom. The van der Waals surface area contributed by atoms with E-state index in [2.05, 4.69) is 4.90 Å². The average molecular weight is 437 g/mol. The first kappa shape index (κ1) is 23.1. The first-order valence-corrected chi connectivity index (χ1v) is 10.5. The summed E-state index contributed by atoms with van der Waals surface area (Å²) in [6.07, 6.45) is 0.732. The molecule has 3 aromatic rings. The Labute approximate surface area is 189 Å². The smallest absolute Gasteiger partial charge is 0.241 e. The van der Waals surface area contributed by atoms with Crippen LogP contribution in [-0.2, 0) is 17.8 Å². The van der Waals surface area contributed by atoms with Gasteiger partial charge in [0.05, 0.1) is 13.7 Å². The molecule has 0 saturated carbocycles. The van der Waals surface area contributed by atoms with Gasteiger partial charge in [0, 0.05) is 26.3 Å². The van der Waals surface area contributed by atoms with E-state index in [1.165, 1.54) is 12.1 Å². The number of hydrogen-bond donors (Lipinski definition) is 0. The van der Waals surface area contributed by atoms with E-state index in [-0.39, 0.29) is 18.3 Å². The second kappa shape index (κ2) is 11.2. The maximum absolute atomic E-state index is 13.4. The Bertz CT molecular complexity index is 1020. The minimum absolute atomic E-state index is 0.0486. The van der Waals surface area contributed by atoms with Crippen LogP contribution in [0.5, 0.6) is 11.5 Å². The monoisotopic (exact) mass is 436 g/mol. The average Bonchev–Trinajstić information content (AvgIpc) is 2.81. The van der Waals surface area contributed by atoms with E-state index in [1.54, 1.807) is 32.2 Å². The molecule has 0 fully saturated rings. The lowest BCUT2D eigenvalue weighted by atomic mass is 10.1. The van der Waals surface area contributed by atoms with E-state index < -0.39 is 0 Å². The van der Waals surface area contributed by atoms with Crippen molar-refractivity contribution in [3.8, 4) is 11.5 Å². The van der Waals surface area contributed by atoms with Crippen molar-refractivity contribution in [1.29, 1.82) is 0 Å². The van der Waals surface area contributed by atoms with Gasteiger partial charge >= 0.3 is 0 Å². The number of likely N-dealkylation sites (N-methyl/N-ethyl adjacent to an activating group) is 1. The number of halogens is 1. The number of hydrogen-bond acceptors (Lipinski definition) is 4. The number of nitrogens with zero attached hydrogens (tertiary/aromatic N) is 2. The van der Waals surface area contributed by atoms with Gasteiger partial charge in [-0.25, -0.2) is 4.39 Å². The lowest BCUT2D eigenvalue weighted by Gasteiger charge is -2.26. The molecule has 3 rings (SSSR count). The Morgan fingerprint density at radius 2 is 1.69 bits per heavy atom. The van der Waals surface area contributed by atoms with Crippen LogP contribution in [0.15, 0.2) is 72.8 Å². The molecule has 0 aromatic heterocycles. The number of anilines is 1. The highest BCUT2D eigenvalue weighted by Crippen LogP contribution is 2.29. The largest absolute Gasteiger partial charge is 0.493 e. The maximum atomic E-state index is 13.4. The van der Waals surface area contributed by atoms with Crippen molar-refractivity contribution >= 4 is 11.6 Å². The van der Waals surface area contributed by atoms with Crippen molar-refractivity contribution in [3.05, 3.63) is 89.7 Å². The van der Waals surface area contributed by atoms with Gasteiger partial charge in [0.15, 0.2) is 11.5 Å². The molecular weight excluding hydrogens is 407 g/mol. The third-order valence-electron chi connectivity index (χ3n) is 5.13. The van der Waals surface area contributed by atoms with Gasteiger partial charge in [0.2, 0.25) is 5.91 Å². The van der Waals surface area contributed by atoms with Gasteiger partial charge in [0.25, 0.3) is 0 Å². The molecule has 0 radical (unpaired) electrons. The molecule has 0 aliphatic carbocycles. The second-order valence-electron chi connectivity index (χ2n) is 7.70. The van der Waals surface area contributed by atoms with Crippen LogP contribution in [0.3, 0.4) is 0 Å². The molecule has 0 atom stereocenters. The van der Waals surface area contributed by atoms with Crippen LogP contribution in [0.4, 0.5) is 10.1 Å². The fourth-order valence-electron chi connectivity index (χ4n) is 3.28. The summed E-state index contributed by atoms with van der Waals surface area (Å²) in [4.78, 5) is 16.0. The summed E-state index contributed by atoms with van der Waals surface area (Å²) in [5.74, 6) is 0.981. The molecule has 6 heteroatoms. The third-order valence-corrected chi connectivity index (χ3v) is 5.13. The van der Waals surface area contributed by atoms with Gasteiger partial charge in [-0.15, -0.1) is 0 Å². The summed E-state index contributed by atoms with van der Waals surface area (Å²) in [7, 11) is 5.12. The molecule has 168 valence electrons. The van der Waals surface area contributed by atoms with Crippen LogP contribution < -0.4 is 14.4 Å². The molecule has 0 heterocycles. The van der Waals surface area contributed by atoms with Gasteiger partial charge in [-0.3, -0.25) is 4.79 Å². The Morgan fingerprint density at radius 1 is 0.906 bits per heavy atom. The summed E-state index contributed by atoms with van der Waals surface area (Å²) in [5, 5.41) is 0. The molecule has 5 nitrogen and oxygen atoms in total. The van der Waals surface area contributed by atoms with Gasteiger partial charge in [-0.1, -0.05) is 36.4 Å². The highest BCUT2D eigenvalue weighted by Gasteiger charge is 2.14. The fraction of sp³-hybridized carbons (Fsp3) is 0.269. The van der Waals surface area contributed by atoms with Crippen molar-refractivity contribution in [2.24, 2.45) is 0 Å². The van der Waals surface area contributed by atoms with E-state index in [0.717, 1.165) is 23.2 Å². The fourth-order valence-corrected chi connectivity index (χ4v) is 3.28. The number of rotatable bonds is 10. The molecule has 0 unspecified atom stereocenters. The number of amides is 1. The predicted molar refractivity (Wildman–Crippen MR) is 125 cm³/mol. The summed E-state index contributed by atoms with van der Waals surface area (Å²) in [5.41, 5.74) is 2.82. The van der Waals surface area contributed by atoms with Crippen LogP contribution in [0, 0.1) is 5.82 Å². The zero-order valence-corrected chi connectivity index (χ0v) is 18.8. The Kier molecular flexibility index (Phi) is 8.08. The molecule has 32 heavy (non-hydrogen) atoms. The normalized spacial score (nSPS) is 10.5. The Balaban J connectivity index is 1.68. The van der Waals surface area contributed by atoms with Crippen molar-refractivity contribution in [3.63, 3.8) is 0 Å². The molecule has 0 aliphatic rings. The number of ether oxygens (including phenoxy) is 2. The molecular formula is C26H29FN2O3. The van der Waals surface area contributed by atoms with E-state index in [4.69, 9.17) is 9.47 Å². The van der Waals surface area contributed by atoms with Crippen molar-refractivity contribution in [2.45, 2.75) is 13.0 Å². The number of para-hydroxylation sites is 1. The van der Waals surface area contributed by atoms with Crippen molar-refractivity contribution in [2.75, 3.05) is 39.2 Å². The van der Waals surface area contributed by atoms with Crippen molar-refractivity contribution in [1.82, 2.24) is 4.90 Å². The van der Waals surface area contributed by atoms with Gasteiger partial charge in [-0.2, -0.15) is 0 Å². The highest BCUT2D eigenvalue weighted by atomic mass is 19.1. The number of carbonyl (C=O) groups excluding carboxylic acids is 1. The lowest BCUT2D eigenvalue weighted by Crippen LogP contribution is -2.37. The molecule has 0 aliphatic heterocycles. The minimum Gasteiger partial charge on any atom is -0.493 e. The van der Waals surface area contributed by atoms with Crippen LogP contribution >= 0.6 is 0 Å². The number of benzene rings is 3. The van der Waals surface area contributed by atoms with Crippen LogP contribution in [0.25, 0.3) is 0 Å². The van der Waals surface area contributed by atoms with Crippen molar-refractivity contribution < 1.29 is 18.7 Å². The maximum Gasteiger partial charge on any atom is 0.241 e. The van der Waals surface area contributed by atoms with Gasteiger partial charge in [-0.05, 0) is 53.9 Å². The summed E-state index contributed by atoms with van der Waals surface area (Å²) in [6, 6.07) is 22.0. The van der Waals surface area contributed by atoms with Crippen LogP contribution in [0.1, 0.15) is 11.1 Å². The number of carbonyl (C=O) groups is 1. The quantitative estimate of drug-likeness (QED) is 0.468. The highest BCUT2D eigenvalue weighted by molar-refractivity contribution is 5.81. The Hall–Kier alpha value is -3.54. The minimum atomic E-state index is -0.288. The summed E-state index contributed by atoms with van der Waals surface area (Å²) < 4.78 is 24.7. The van der Waals surface area contributed by atoms with Gasteiger partial charge in [0.1, 0.15) is 12.4 Å². The van der Waals surface area contributed by atoms with E-state index in [9.17, 15) is 9.18 Å². The standard InChI is InChI=1S/C26H29FN2O3/c1-28(2)26(30)18-29(23-10-5-4-6-11-23)15-14-20-12-13-24(25(17-20)31-3)32-19-21-8-7-9-22(27)16-21/h4-13,16-17H,14-15,18-19H2,1-3H3. The topological polar surface area (TPSA) is 42.0 Å². The van der Waals surface area contributed by atoms with Crippen LogP contribution in [-0.4, -0.2) is 45.1 Å². The molecule has 0 spiro atoms. The lowest BCUT2D eigenvalue weighted by molar-refractivity contribution is -0.127. The molecule has 0 saturated heterocycles. The third kappa shape index (κ3) is 6.48. The first-order valence-electron chi connectivity index (χ1n) is 10.5. The number of methoxy groups -OCH3 is 1. The van der Waals surface area contributed by atoms with E-state index in [1.807, 2.05) is 54.6 Å². The molecule has 3 aromatic carbocycles. The SMILES string of the molecule is COc1cc(CCN(CC(=O)N(C)C)c2ccccc2)ccc1OCc1cccc(F)c1. The summed E-state index contributed by atoms with van der Waals surface area (Å²) >= 11 is 0. The zero-order chi connectivity index (χ0) is 22.9. The summed E-state index contributed by atoms with van der Waals surface area (Å²) in [6.45, 7) is 1.24. The molecule has 0 N–H and O–H groups in total. The second-order valence-corrected chi connectivity index (χ2v) is 7.70. The van der Waals surface area contributed by atoms with Gasteiger partial charge < -0.3 is 19.3 Å². The van der Waals surface area contributed by atoms with E-state index >= 15 is 0 Å². The van der Waals surface area contributed by atoms with Crippen LogP contribution in [0.2, 0.25) is 0 Å². The zero-order valence-electron chi connectivity index (χ0n) is 18.8. The van der Waals surface area contributed by atoms with E-state index in [0.29, 0.717) is 24.6 Å². The predicted octanol–water partition coefficient (Wildman–Crippen LogP) is 4.55. The molecule has 1 amide bonds. The first-order chi connectivity index (χ1) is 15.5.